The normalized spacial score (nSPS) is 20.0. The smallest absolute Gasteiger partial charge is 0.224 e. The highest BCUT2D eigenvalue weighted by Gasteiger charge is 2.18. The minimum absolute atomic E-state index is 0.0580. The molecule has 1 aromatic carbocycles. The van der Waals surface area contributed by atoms with E-state index in [0.29, 0.717) is 19.0 Å². The Morgan fingerprint density at radius 2 is 2.04 bits per heavy atom. The van der Waals surface area contributed by atoms with Crippen LogP contribution < -0.4 is 15.4 Å². The molecule has 5 heteroatoms. The van der Waals surface area contributed by atoms with Gasteiger partial charge in [0, 0.05) is 30.3 Å². The van der Waals surface area contributed by atoms with Crippen LogP contribution in [0.5, 0.6) is 5.75 Å². The zero-order chi connectivity index (χ0) is 16.8. The average molecular weight is 332 g/mol. The number of anilines is 1. The molecule has 3 N–H and O–H groups in total. The Morgan fingerprint density at radius 3 is 2.88 bits per heavy atom. The van der Waals surface area contributed by atoms with Crippen LogP contribution in [0, 0.1) is 0 Å². The summed E-state index contributed by atoms with van der Waals surface area (Å²) in [5.74, 6) is 0.828. The summed E-state index contributed by atoms with van der Waals surface area (Å²) in [6, 6.07) is 6.24. The van der Waals surface area contributed by atoms with Crippen LogP contribution in [0.4, 0.5) is 5.69 Å². The SMILES string of the molecule is O=C1CCCc2c(cccc2OCC(O)CNC2CCCCC2)N1. The quantitative estimate of drug-likeness (QED) is 0.749. The van der Waals surface area contributed by atoms with E-state index in [-0.39, 0.29) is 12.5 Å². The molecule has 0 spiro atoms. The standard InChI is InChI=1S/C19H28N2O3/c22-15(12-20-14-6-2-1-3-7-14)13-24-18-10-5-9-17-16(18)8-4-11-19(23)21-17/h5,9-10,14-15,20,22H,1-4,6-8,11-13H2,(H,21,23). The van der Waals surface area contributed by atoms with Gasteiger partial charge in [-0.25, -0.2) is 0 Å². The molecular weight excluding hydrogens is 304 g/mol. The number of fused-ring (bicyclic) bond motifs is 1. The van der Waals surface area contributed by atoms with Crippen molar-refractivity contribution in [2.45, 2.75) is 63.5 Å². The summed E-state index contributed by atoms with van der Waals surface area (Å²) in [4.78, 5) is 11.7. The number of amides is 1. The highest BCUT2D eigenvalue weighted by molar-refractivity contribution is 5.92. The molecule has 1 fully saturated rings. The molecule has 132 valence electrons. The summed E-state index contributed by atoms with van der Waals surface area (Å²) >= 11 is 0. The highest BCUT2D eigenvalue weighted by Crippen LogP contribution is 2.30. The summed E-state index contributed by atoms with van der Waals surface area (Å²) < 4.78 is 5.86. The molecule has 0 radical (unpaired) electrons. The van der Waals surface area contributed by atoms with Crippen molar-refractivity contribution in [2.75, 3.05) is 18.5 Å². The Morgan fingerprint density at radius 1 is 1.21 bits per heavy atom. The summed E-state index contributed by atoms with van der Waals surface area (Å²) in [5.41, 5.74) is 1.88. The number of carbonyl (C=O) groups excluding carboxylic acids is 1. The second kappa shape index (κ2) is 8.49. The Balaban J connectivity index is 1.51. The predicted molar refractivity (Wildman–Crippen MR) is 94.4 cm³/mol. The van der Waals surface area contributed by atoms with Gasteiger partial charge in [0.15, 0.2) is 0 Å². The van der Waals surface area contributed by atoms with E-state index >= 15 is 0 Å². The van der Waals surface area contributed by atoms with E-state index in [1.807, 2.05) is 18.2 Å². The Bertz CT molecular complexity index is 556. The first-order valence-electron chi connectivity index (χ1n) is 9.18. The number of nitrogens with one attached hydrogen (secondary N) is 2. The van der Waals surface area contributed by atoms with Gasteiger partial charge in [-0.2, -0.15) is 0 Å². The van der Waals surface area contributed by atoms with Gasteiger partial charge in [-0.1, -0.05) is 25.3 Å². The minimum atomic E-state index is -0.525. The van der Waals surface area contributed by atoms with Crippen molar-refractivity contribution in [3.63, 3.8) is 0 Å². The maximum atomic E-state index is 11.7. The van der Waals surface area contributed by atoms with Crippen molar-refractivity contribution >= 4 is 11.6 Å². The molecule has 1 heterocycles. The predicted octanol–water partition coefficient (Wildman–Crippen LogP) is 2.62. The molecule has 1 aromatic rings. The fraction of sp³-hybridized carbons (Fsp3) is 0.632. The number of aliphatic hydroxyl groups excluding tert-OH is 1. The Hall–Kier alpha value is -1.59. The molecule has 1 unspecified atom stereocenters. The van der Waals surface area contributed by atoms with E-state index in [4.69, 9.17) is 4.74 Å². The molecule has 5 nitrogen and oxygen atoms in total. The van der Waals surface area contributed by atoms with Gasteiger partial charge in [-0.15, -0.1) is 0 Å². The third kappa shape index (κ3) is 4.71. The molecule has 1 atom stereocenters. The van der Waals surface area contributed by atoms with Gasteiger partial charge in [0.25, 0.3) is 0 Å². The maximum absolute atomic E-state index is 11.7. The average Bonchev–Trinajstić information content (AvgIpc) is 2.80. The van der Waals surface area contributed by atoms with Gasteiger partial charge in [-0.3, -0.25) is 4.79 Å². The first-order chi connectivity index (χ1) is 11.7. The molecule has 0 aromatic heterocycles. The first kappa shape index (κ1) is 17.2. The van der Waals surface area contributed by atoms with E-state index in [2.05, 4.69) is 10.6 Å². The van der Waals surface area contributed by atoms with E-state index in [1.165, 1.54) is 32.1 Å². The molecule has 0 bridgehead atoms. The van der Waals surface area contributed by atoms with Gasteiger partial charge >= 0.3 is 0 Å². The molecule has 2 aliphatic rings. The third-order valence-corrected chi connectivity index (χ3v) is 4.92. The van der Waals surface area contributed by atoms with Crippen molar-refractivity contribution in [1.82, 2.24) is 5.32 Å². The zero-order valence-corrected chi connectivity index (χ0v) is 14.2. The summed E-state index contributed by atoms with van der Waals surface area (Å²) in [5, 5.41) is 16.6. The number of carbonyl (C=O) groups is 1. The van der Waals surface area contributed by atoms with Crippen LogP contribution in [-0.2, 0) is 11.2 Å². The molecule has 24 heavy (non-hydrogen) atoms. The fourth-order valence-electron chi connectivity index (χ4n) is 3.57. The van der Waals surface area contributed by atoms with Crippen LogP contribution in [0.1, 0.15) is 50.5 Å². The highest BCUT2D eigenvalue weighted by atomic mass is 16.5. The van der Waals surface area contributed by atoms with Crippen molar-refractivity contribution in [2.24, 2.45) is 0 Å². The lowest BCUT2D eigenvalue weighted by molar-refractivity contribution is -0.116. The van der Waals surface area contributed by atoms with Crippen molar-refractivity contribution in [3.8, 4) is 5.75 Å². The van der Waals surface area contributed by atoms with Gasteiger partial charge in [0.2, 0.25) is 5.91 Å². The van der Waals surface area contributed by atoms with Gasteiger partial charge < -0.3 is 20.5 Å². The molecule has 1 aliphatic carbocycles. The molecule has 0 saturated heterocycles. The number of hydrogen-bond donors (Lipinski definition) is 3. The number of aliphatic hydroxyl groups is 1. The second-order valence-corrected chi connectivity index (χ2v) is 6.89. The third-order valence-electron chi connectivity index (χ3n) is 4.92. The Labute approximate surface area is 143 Å². The minimum Gasteiger partial charge on any atom is -0.490 e. The summed E-state index contributed by atoms with van der Waals surface area (Å²) in [6.45, 7) is 0.834. The van der Waals surface area contributed by atoms with Crippen LogP contribution >= 0.6 is 0 Å². The van der Waals surface area contributed by atoms with Crippen LogP contribution in [0.2, 0.25) is 0 Å². The van der Waals surface area contributed by atoms with Crippen LogP contribution in [0.3, 0.4) is 0 Å². The van der Waals surface area contributed by atoms with E-state index in [9.17, 15) is 9.90 Å². The van der Waals surface area contributed by atoms with Crippen molar-refractivity contribution < 1.29 is 14.6 Å². The summed E-state index contributed by atoms with van der Waals surface area (Å²) in [6.07, 6.45) is 7.98. The lowest BCUT2D eigenvalue weighted by atomic mass is 9.95. The lowest BCUT2D eigenvalue weighted by Gasteiger charge is -2.24. The first-order valence-corrected chi connectivity index (χ1v) is 9.18. The zero-order valence-electron chi connectivity index (χ0n) is 14.2. The van der Waals surface area contributed by atoms with Gasteiger partial charge in [-0.05, 0) is 37.8 Å². The molecule has 1 amide bonds. The molecule has 3 rings (SSSR count). The lowest BCUT2D eigenvalue weighted by Crippen LogP contribution is -2.39. The van der Waals surface area contributed by atoms with Crippen molar-refractivity contribution in [1.29, 1.82) is 0 Å². The maximum Gasteiger partial charge on any atom is 0.224 e. The number of ether oxygens (including phenoxy) is 1. The number of benzene rings is 1. The van der Waals surface area contributed by atoms with E-state index in [0.717, 1.165) is 29.8 Å². The largest absolute Gasteiger partial charge is 0.490 e. The Kier molecular flexibility index (Phi) is 6.10. The van der Waals surface area contributed by atoms with E-state index in [1.54, 1.807) is 0 Å². The van der Waals surface area contributed by atoms with Crippen LogP contribution in [-0.4, -0.2) is 36.3 Å². The number of hydrogen-bond acceptors (Lipinski definition) is 4. The monoisotopic (exact) mass is 332 g/mol. The fourth-order valence-corrected chi connectivity index (χ4v) is 3.57. The number of rotatable bonds is 6. The van der Waals surface area contributed by atoms with Crippen LogP contribution in [0.15, 0.2) is 18.2 Å². The second-order valence-electron chi connectivity index (χ2n) is 6.89. The van der Waals surface area contributed by atoms with Crippen molar-refractivity contribution in [3.05, 3.63) is 23.8 Å². The van der Waals surface area contributed by atoms with Gasteiger partial charge in [0.05, 0.1) is 0 Å². The topological polar surface area (TPSA) is 70.6 Å². The van der Waals surface area contributed by atoms with Crippen LogP contribution in [0.25, 0.3) is 0 Å². The van der Waals surface area contributed by atoms with Gasteiger partial charge in [0.1, 0.15) is 18.5 Å². The van der Waals surface area contributed by atoms with E-state index < -0.39 is 6.10 Å². The molecule has 1 aliphatic heterocycles. The molecular formula is C19H28N2O3. The summed E-state index contributed by atoms with van der Waals surface area (Å²) in [7, 11) is 0. The molecule has 1 saturated carbocycles.